The van der Waals surface area contributed by atoms with Crippen LogP contribution in [0.15, 0.2) is 48.5 Å². The van der Waals surface area contributed by atoms with Crippen LogP contribution in [0.4, 0.5) is 5.69 Å². The SMILES string of the molecule is COc1cc(CC(=O)NC2CCN(c3ccccc3C=CC(=O)NO)CC2)ccc1O. The minimum absolute atomic E-state index is 0.0474. The highest BCUT2D eigenvalue weighted by atomic mass is 16.5. The van der Waals surface area contributed by atoms with Gasteiger partial charge in [-0.25, -0.2) is 5.48 Å². The lowest BCUT2D eigenvalue weighted by molar-refractivity contribution is -0.124. The Balaban J connectivity index is 1.55. The van der Waals surface area contributed by atoms with Gasteiger partial charge in [-0.2, -0.15) is 0 Å². The number of nitrogens with one attached hydrogen (secondary N) is 2. The molecule has 0 saturated carbocycles. The lowest BCUT2D eigenvalue weighted by Crippen LogP contribution is -2.45. The zero-order valence-corrected chi connectivity index (χ0v) is 17.4. The number of aromatic hydroxyl groups is 1. The Morgan fingerprint density at radius 2 is 1.94 bits per heavy atom. The van der Waals surface area contributed by atoms with E-state index in [1.54, 1.807) is 23.7 Å². The van der Waals surface area contributed by atoms with Gasteiger partial charge in [-0.15, -0.1) is 0 Å². The van der Waals surface area contributed by atoms with Crippen molar-refractivity contribution in [2.75, 3.05) is 25.1 Å². The number of hydrogen-bond donors (Lipinski definition) is 4. The van der Waals surface area contributed by atoms with Gasteiger partial charge in [0, 0.05) is 30.9 Å². The number of carbonyl (C=O) groups excluding carboxylic acids is 2. The number of nitrogens with zero attached hydrogens (tertiary/aromatic N) is 1. The zero-order valence-electron chi connectivity index (χ0n) is 17.4. The third-order valence-corrected chi connectivity index (χ3v) is 5.27. The molecule has 0 aliphatic carbocycles. The van der Waals surface area contributed by atoms with E-state index in [-0.39, 0.29) is 24.1 Å². The van der Waals surface area contributed by atoms with Gasteiger partial charge in [0.25, 0.3) is 5.91 Å². The summed E-state index contributed by atoms with van der Waals surface area (Å²) < 4.78 is 5.09. The first-order valence-electron chi connectivity index (χ1n) is 10.1. The summed E-state index contributed by atoms with van der Waals surface area (Å²) in [6.07, 6.45) is 4.78. The number of para-hydroxylation sites is 1. The van der Waals surface area contributed by atoms with Crippen LogP contribution in [0.1, 0.15) is 24.0 Å². The van der Waals surface area contributed by atoms with E-state index in [4.69, 9.17) is 9.94 Å². The Kier molecular flexibility index (Phi) is 7.50. The van der Waals surface area contributed by atoms with Crippen molar-refractivity contribution >= 4 is 23.6 Å². The van der Waals surface area contributed by atoms with Crippen LogP contribution >= 0.6 is 0 Å². The predicted molar refractivity (Wildman–Crippen MR) is 117 cm³/mol. The van der Waals surface area contributed by atoms with Crippen LogP contribution in [-0.2, 0) is 16.0 Å². The van der Waals surface area contributed by atoms with Crippen LogP contribution in [0.3, 0.4) is 0 Å². The summed E-state index contributed by atoms with van der Waals surface area (Å²) in [5.41, 5.74) is 4.25. The lowest BCUT2D eigenvalue weighted by Gasteiger charge is -2.34. The summed E-state index contributed by atoms with van der Waals surface area (Å²) in [6.45, 7) is 1.55. The van der Waals surface area contributed by atoms with Crippen LogP contribution in [-0.4, -0.2) is 48.4 Å². The van der Waals surface area contributed by atoms with Gasteiger partial charge >= 0.3 is 0 Å². The number of phenols is 1. The molecule has 1 aliphatic heterocycles. The maximum atomic E-state index is 12.5. The van der Waals surface area contributed by atoms with Gasteiger partial charge in [0.05, 0.1) is 13.5 Å². The first kappa shape index (κ1) is 22.2. The monoisotopic (exact) mass is 425 g/mol. The molecule has 0 atom stereocenters. The Labute approximate surface area is 181 Å². The molecule has 1 heterocycles. The quantitative estimate of drug-likeness (QED) is 0.308. The molecule has 4 N–H and O–H groups in total. The Hall–Kier alpha value is -3.52. The molecule has 0 radical (unpaired) electrons. The second-order valence-electron chi connectivity index (χ2n) is 7.38. The molecule has 0 unspecified atom stereocenters. The molecule has 0 aromatic heterocycles. The first-order chi connectivity index (χ1) is 15.0. The standard InChI is InChI=1S/C23H27N3O5/c1-31-21-14-16(6-8-20(21)27)15-23(29)24-18-10-12-26(13-11-18)19-5-3-2-4-17(19)7-9-22(28)25-30/h2-9,14,18,27,30H,10-13,15H2,1H3,(H,24,29)(H,25,28). The van der Waals surface area contributed by atoms with E-state index in [1.807, 2.05) is 24.3 Å². The van der Waals surface area contributed by atoms with E-state index in [0.717, 1.165) is 42.7 Å². The molecule has 164 valence electrons. The maximum absolute atomic E-state index is 12.5. The van der Waals surface area contributed by atoms with Crippen LogP contribution < -0.4 is 20.4 Å². The molecule has 0 spiro atoms. The lowest BCUT2D eigenvalue weighted by atomic mass is 10.0. The van der Waals surface area contributed by atoms with Gasteiger partial charge < -0.3 is 20.1 Å². The number of phenolic OH excluding ortho intramolecular Hbond substituents is 1. The van der Waals surface area contributed by atoms with Gasteiger partial charge in [0.15, 0.2) is 11.5 Å². The van der Waals surface area contributed by atoms with E-state index in [1.165, 1.54) is 19.3 Å². The highest BCUT2D eigenvalue weighted by molar-refractivity contribution is 5.91. The van der Waals surface area contributed by atoms with Crippen molar-refractivity contribution in [3.8, 4) is 11.5 Å². The molecule has 2 amide bonds. The molecule has 3 rings (SSSR count). The van der Waals surface area contributed by atoms with Crippen LogP contribution in [0.2, 0.25) is 0 Å². The molecule has 2 aromatic rings. The summed E-state index contributed by atoms with van der Waals surface area (Å²) in [5.74, 6) is -0.249. The van der Waals surface area contributed by atoms with Crippen molar-refractivity contribution in [3.05, 3.63) is 59.7 Å². The summed E-state index contributed by atoms with van der Waals surface area (Å²) in [4.78, 5) is 26.0. The largest absolute Gasteiger partial charge is 0.504 e. The molecule has 31 heavy (non-hydrogen) atoms. The van der Waals surface area contributed by atoms with Crippen molar-refractivity contribution in [2.45, 2.75) is 25.3 Å². The molecule has 1 aliphatic rings. The fourth-order valence-electron chi connectivity index (χ4n) is 3.68. The number of benzene rings is 2. The second-order valence-corrected chi connectivity index (χ2v) is 7.38. The minimum atomic E-state index is -0.581. The molecular weight excluding hydrogens is 398 g/mol. The summed E-state index contributed by atoms with van der Waals surface area (Å²) in [5, 5.41) is 21.4. The maximum Gasteiger partial charge on any atom is 0.267 e. The smallest absolute Gasteiger partial charge is 0.267 e. The van der Waals surface area contributed by atoms with Crippen LogP contribution in [0.25, 0.3) is 6.08 Å². The molecule has 8 heteroatoms. The predicted octanol–water partition coefficient (Wildman–Crippen LogP) is 2.25. The minimum Gasteiger partial charge on any atom is -0.504 e. The van der Waals surface area contributed by atoms with Crippen molar-refractivity contribution in [1.82, 2.24) is 10.8 Å². The number of methoxy groups -OCH3 is 1. The number of anilines is 1. The number of hydroxylamine groups is 1. The Morgan fingerprint density at radius 3 is 2.65 bits per heavy atom. The second kappa shape index (κ2) is 10.5. The van der Waals surface area contributed by atoms with Crippen molar-refractivity contribution < 1.29 is 24.6 Å². The van der Waals surface area contributed by atoms with Crippen molar-refractivity contribution in [3.63, 3.8) is 0 Å². The average Bonchev–Trinajstić information content (AvgIpc) is 2.79. The summed E-state index contributed by atoms with van der Waals surface area (Å²) >= 11 is 0. The van der Waals surface area contributed by atoms with Crippen molar-refractivity contribution in [2.24, 2.45) is 0 Å². The Bertz CT molecular complexity index is 952. The number of carbonyl (C=O) groups is 2. The number of hydrogen-bond acceptors (Lipinski definition) is 6. The fraction of sp³-hybridized carbons (Fsp3) is 0.304. The zero-order chi connectivity index (χ0) is 22.2. The normalized spacial score (nSPS) is 14.5. The van der Waals surface area contributed by atoms with Gasteiger partial charge in [-0.05, 0) is 48.2 Å². The van der Waals surface area contributed by atoms with E-state index in [9.17, 15) is 14.7 Å². The summed E-state index contributed by atoms with van der Waals surface area (Å²) in [6, 6.07) is 12.7. The Morgan fingerprint density at radius 1 is 1.19 bits per heavy atom. The number of piperidine rings is 1. The highest BCUT2D eigenvalue weighted by Gasteiger charge is 2.22. The van der Waals surface area contributed by atoms with E-state index < -0.39 is 5.91 Å². The molecular formula is C23H27N3O5. The number of amides is 2. The third kappa shape index (κ3) is 5.99. The number of rotatable bonds is 7. The summed E-state index contributed by atoms with van der Waals surface area (Å²) in [7, 11) is 1.47. The first-order valence-corrected chi connectivity index (χ1v) is 10.1. The fourth-order valence-corrected chi connectivity index (χ4v) is 3.68. The van der Waals surface area contributed by atoms with E-state index >= 15 is 0 Å². The highest BCUT2D eigenvalue weighted by Crippen LogP contribution is 2.27. The molecule has 1 fully saturated rings. The molecule has 8 nitrogen and oxygen atoms in total. The van der Waals surface area contributed by atoms with E-state index in [0.29, 0.717) is 5.75 Å². The molecule has 1 saturated heterocycles. The van der Waals surface area contributed by atoms with Gasteiger partial charge in [0.2, 0.25) is 5.91 Å². The van der Waals surface area contributed by atoms with Crippen LogP contribution in [0, 0.1) is 0 Å². The van der Waals surface area contributed by atoms with Gasteiger partial charge in [-0.3, -0.25) is 14.8 Å². The molecule has 2 aromatic carbocycles. The average molecular weight is 425 g/mol. The van der Waals surface area contributed by atoms with E-state index in [2.05, 4.69) is 10.2 Å². The van der Waals surface area contributed by atoms with Crippen molar-refractivity contribution in [1.29, 1.82) is 0 Å². The number of ether oxygens (including phenoxy) is 1. The third-order valence-electron chi connectivity index (χ3n) is 5.27. The van der Waals surface area contributed by atoms with Gasteiger partial charge in [0.1, 0.15) is 0 Å². The molecule has 0 bridgehead atoms. The van der Waals surface area contributed by atoms with Crippen LogP contribution in [0.5, 0.6) is 11.5 Å². The van der Waals surface area contributed by atoms with Gasteiger partial charge in [-0.1, -0.05) is 24.3 Å². The topological polar surface area (TPSA) is 111 Å².